The summed E-state index contributed by atoms with van der Waals surface area (Å²) in [6.45, 7) is 7.11. The molecule has 1 saturated heterocycles. The SMILES string of the molecule is C=C(C1CCCCN1C)N(C)CCOC. The first-order chi connectivity index (χ1) is 7.16. The molecule has 1 heterocycles. The van der Waals surface area contributed by atoms with E-state index in [9.17, 15) is 0 Å². The van der Waals surface area contributed by atoms with Crippen molar-refractivity contribution in [3.63, 3.8) is 0 Å². The second-order valence-electron chi connectivity index (χ2n) is 4.40. The van der Waals surface area contributed by atoms with Crippen LogP contribution in [0.5, 0.6) is 0 Å². The van der Waals surface area contributed by atoms with Crippen molar-refractivity contribution in [3.05, 3.63) is 12.3 Å². The Labute approximate surface area is 93.7 Å². The third-order valence-corrected chi connectivity index (χ3v) is 3.28. The molecule has 1 rings (SSSR count). The van der Waals surface area contributed by atoms with E-state index >= 15 is 0 Å². The highest BCUT2D eigenvalue weighted by Crippen LogP contribution is 2.21. The Balaban J connectivity index is 2.43. The molecule has 1 aliphatic heterocycles. The average molecular weight is 212 g/mol. The monoisotopic (exact) mass is 212 g/mol. The second kappa shape index (κ2) is 6.13. The molecule has 1 aliphatic rings. The van der Waals surface area contributed by atoms with Gasteiger partial charge in [0.2, 0.25) is 0 Å². The smallest absolute Gasteiger partial charge is 0.0637 e. The van der Waals surface area contributed by atoms with E-state index in [1.54, 1.807) is 7.11 Å². The Bertz CT molecular complexity index is 206. The number of methoxy groups -OCH3 is 1. The summed E-state index contributed by atoms with van der Waals surface area (Å²) in [4.78, 5) is 4.63. The van der Waals surface area contributed by atoms with Crippen LogP contribution in [-0.4, -0.2) is 56.7 Å². The van der Waals surface area contributed by atoms with E-state index in [4.69, 9.17) is 4.74 Å². The van der Waals surface area contributed by atoms with Gasteiger partial charge < -0.3 is 9.64 Å². The summed E-state index contributed by atoms with van der Waals surface area (Å²) < 4.78 is 5.08. The normalized spacial score (nSPS) is 22.7. The second-order valence-corrected chi connectivity index (χ2v) is 4.40. The molecular formula is C12H24N2O. The van der Waals surface area contributed by atoms with Crippen molar-refractivity contribution >= 4 is 0 Å². The molecule has 0 saturated carbocycles. The fourth-order valence-electron chi connectivity index (χ4n) is 2.12. The molecule has 0 bridgehead atoms. The number of piperidine rings is 1. The van der Waals surface area contributed by atoms with Crippen LogP contribution < -0.4 is 0 Å². The van der Waals surface area contributed by atoms with Crippen molar-refractivity contribution in [2.75, 3.05) is 40.9 Å². The topological polar surface area (TPSA) is 15.7 Å². The summed E-state index contributed by atoms with van der Waals surface area (Å²) in [6, 6.07) is 0.528. The number of rotatable bonds is 5. The van der Waals surface area contributed by atoms with Gasteiger partial charge in [-0.05, 0) is 26.4 Å². The van der Waals surface area contributed by atoms with Gasteiger partial charge in [-0.25, -0.2) is 0 Å². The van der Waals surface area contributed by atoms with Gasteiger partial charge in [-0.1, -0.05) is 13.0 Å². The molecule has 0 aliphatic carbocycles. The number of nitrogens with zero attached hydrogens (tertiary/aromatic N) is 2. The van der Waals surface area contributed by atoms with Crippen molar-refractivity contribution < 1.29 is 4.74 Å². The lowest BCUT2D eigenvalue weighted by Gasteiger charge is -2.37. The molecule has 88 valence electrons. The van der Waals surface area contributed by atoms with Crippen molar-refractivity contribution in [3.8, 4) is 0 Å². The minimum Gasteiger partial charge on any atom is -0.383 e. The predicted octanol–water partition coefficient (Wildman–Crippen LogP) is 1.56. The maximum atomic E-state index is 5.08. The fourth-order valence-corrected chi connectivity index (χ4v) is 2.12. The van der Waals surface area contributed by atoms with Crippen LogP contribution in [0.25, 0.3) is 0 Å². The van der Waals surface area contributed by atoms with Crippen LogP contribution in [0.15, 0.2) is 12.3 Å². The van der Waals surface area contributed by atoms with Crippen molar-refractivity contribution in [1.82, 2.24) is 9.80 Å². The molecule has 0 radical (unpaired) electrons. The van der Waals surface area contributed by atoms with Crippen LogP contribution in [0.1, 0.15) is 19.3 Å². The lowest BCUT2D eigenvalue weighted by molar-refractivity contribution is 0.147. The first-order valence-corrected chi connectivity index (χ1v) is 5.76. The van der Waals surface area contributed by atoms with Crippen LogP contribution in [0.4, 0.5) is 0 Å². The van der Waals surface area contributed by atoms with Crippen LogP contribution in [-0.2, 0) is 4.74 Å². The van der Waals surface area contributed by atoms with E-state index in [1.165, 1.54) is 31.5 Å². The third kappa shape index (κ3) is 3.50. The maximum absolute atomic E-state index is 5.08. The molecule has 0 N–H and O–H groups in total. The van der Waals surface area contributed by atoms with Gasteiger partial charge in [0.25, 0.3) is 0 Å². The molecule has 3 heteroatoms. The molecule has 15 heavy (non-hydrogen) atoms. The van der Waals surface area contributed by atoms with Crippen molar-refractivity contribution in [1.29, 1.82) is 0 Å². The molecule has 1 atom stereocenters. The highest BCUT2D eigenvalue weighted by atomic mass is 16.5. The summed E-state index contributed by atoms with van der Waals surface area (Å²) in [7, 11) is 6.03. The lowest BCUT2D eigenvalue weighted by Crippen LogP contribution is -2.42. The summed E-state index contributed by atoms with van der Waals surface area (Å²) >= 11 is 0. The molecule has 0 amide bonds. The van der Waals surface area contributed by atoms with Gasteiger partial charge in [0.1, 0.15) is 0 Å². The summed E-state index contributed by atoms with van der Waals surface area (Å²) in [5.74, 6) is 0. The van der Waals surface area contributed by atoms with E-state index in [-0.39, 0.29) is 0 Å². The van der Waals surface area contributed by atoms with Crippen LogP contribution >= 0.6 is 0 Å². The van der Waals surface area contributed by atoms with Gasteiger partial charge in [-0.3, -0.25) is 4.90 Å². The minimum absolute atomic E-state index is 0.528. The highest BCUT2D eigenvalue weighted by Gasteiger charge is 2.23. The van der Waals surface area contributed by atoms with E-state index in [0.717, 1.165) is 13.2 Å². The number of likely N-dealkylation sites (N-methyl/N-ethyl adjacent to an activating group) is 2. The van der Waals surface area contributed by atoms with Gasteiger partial charge in [0.05, 0.1) is 6.61 Å². The average Bonchev–Trinajstić information content (AvgIpc) is 2.25. The van der Waals surface area contributed by atoms with E-state index in [1.807, 2.05) is 0 Å². The fraction of sp³-hybridized carbons (Fsp3) is 0.833. The number of likely N-dealkylation sites (tertiary alicyclic amines) is 1. The van der Waals surface area contributed by atoms with Crippen LogP contribution in [0.2, 0.25) is 0 Å². The Morgan fingerprint density at radius 2 is 2.27 bits per heavy atom. The van der Waals surface area contributed by atoms with Crippen LogP contribution in [0.3, 0.4) is 0 Å². The zero-order valence-electron chi connectivity index (χ0n) is 10.3. The molecule has 0 aromatic carbocycles. The molecule has 3 nitrogen and oxygen atoms in total. The largest absolute Gasteiger partial charge is 0.383 e. The first kappa shape index (κ1) is 12.5. The molecular weight excluding hydrogens is 188 g/mol. The Morgan fingerprint density at radius 3 is 2.87 bits per heavy atom. The molecule has 1 fully saturated rings. The minimum atomic E-state index is 0.528. The van der Waals surface area contributed by atoms with E-state index in [0.29, 0.717) is 6.04 Å². The summed E-state index contributed by atoms with van der Waals surface area (Å²) in [6.07, 6.45) is 3.89. The summed E-state index contributed by atoms with van der Waals surface area (Å²) in [5.41, 5.74) is 1.23. The van der Waals surface area contributed by atoms with E-state index in [2.05, 4.69) is 30.5 Å². The molecule has 1 unspecified atom stereocenters. The number of ether oxygens (including phenoxy) is 1. The van der Waals surface area contributed by atoms with Crippen LogP contribution in [0, 0.1) is 0 Å². The molecule has 0 aromatic heterocycles. The third-order valence-electron chi connectivity index (χ3n) is 3.28. The Morgan fingerprint density at radius 1 is 1.53 bits per heavy atom. The number of hydrogen-bond donors (Lipinski definition) is 0. The van der Waals surface area contributed by atoms with E-state index < -0.39 is 0 Å². The molecule has 0 aromatic rings. The predicted molar refractivity (Wildman–Crippen MR) is 63.9 cm³/mol. The number of hydrogen-bond acceptors (Lipinski definition) is 3. The summed E-state index contributed by atoms with van der Waals surface area (Å²) in [5, 5.41) is 0. The Hall–Kier alpha value is -0.540. The van der Waals surface area contributed by atoms with Gasteiger partial charge >= 0.3 is 0 Å². The van der Waals surface area contributed by atoms with Crippen molar-refractivity contribution in [2.45, 2.75) is 25.3 Å². The van der Waals surface area contributed by atoms with Crippen molar-refractivity contribution in [2.24, 2.45) is 0 Å². The first-order valence-electron chi connectivity index (χ1n) is 5.76. The Kier molecular flexibility index (Phi) is 5.12. The zero-order valence-corrected chi connectivity index (χ0v) is 10.3. The van der Waals surface area contributed by atoms with Gasteiger partial charge in [-0.15, -0.1) is 0 Å². The highest BCUT2D eigenvalue weighted by molar-refractivity contribution is 5.05. The quantitative estimate of drug-likeness (QED) is 0.688. The van der Waals surface area contributed by atoms with Gasteiger partial charge in [0, 0.05) is 32.4 Å². The standard InChI is InChI=1S/C12H24N2O/c1-11(13(2)9-10-15-4)12-7-5-6-8-14(12)3/h12H,1,5-10H2,2-4H3. The maximum Gasteiger partial charge on any atom is 0.0637 e. The zero-order chi connectivity index (χ0) is 11.3. The molecule has 0 spiro atoms. The lowest BCUT2D eigenvalue weighted by atomic mass is 10.00. The van der Waals surface area contributed by atoms with Gasteiger partial charge in [0.15, 0.2) is 0 Å². The van der Waals surface area contributed by atoms with Gasteiger partial charge in [-0.2, -0.15) is 0 Å².